The van der Waals surface area contributed by atoms with Gasteiger partial charge in [0.05, 0.1) is 15.8 Å². The molecule has 5 nitrogen and oxygen atoms in total. The number of carbonyl (C=O) groups is 1. The van der Waals surface area contributed by atoms with Gasteiger partial charge >= 0.3 is 0 Å². The van der Waals surface area contributed by atoms with Crippen LogP contribution in [0.2, 0.25) is 10.0 Å². The first-order valence-electron chi connectivity index (χ1n) is 8.94. The standard InChI is InChI=1S/C20H20Cl2N4OS/c1-2-3-11-26-19(14-7-5-4-6-8-14)24-25-20(26)28-13-18(27)23-15-9-10-16(21)17(22)12-15/h4-10,12H,2-3,11,13H2,1H3,(H,23,27). The highest BCUT2D eigenvalue weighted by Gasteiger charge is 2.15. The molecule has 8 heteroatoms. The second kappa shape index (κ2) is 9.96. The highest BCUT2D eigenvalue weighted by Crippen LogP contribution is 2.26. The van der Waals surface area contributed by atoms with Gasteiger partial charge in [-0.3, -0.25) is 4.79 Å². The van der Waals surface area contributed by atoms with Crippen LogP contribution in [0.4, 0.5) is 5.69 Å². The number of thioether (sulfide) groups is 1. The second-order valence-corrected chi connectivity index (χ2v) is 7.90. The summed E-state index contributed by atoms with van der Waals surface area (Å²) < 4.78 is 2.08. The third-order valence-corrected chi connectivity index (χ3v) is 5.73. The minimum atomic E-state index is -0.144. The molecule has 0 atom stereocenters. The summed E-state index contributed by atoms with van der Waals surface area (Å²) in [6.07, 6.45) is 2.08. The highest BCUT2D eigenvalue weighted by molar-refractivity contribution is 7.99. The van der Waals surface area contributed by atoms with Gasteiger partial charge in [0.1, 0.15) is 0 Å². The van der Waals surface area contributed by atoms with Crippen molar-refractivity contribution < 1.29 is 4.79 Å². The zero-order valence-electron chi connectivity index (χ0n) is 15.4. The fourth-order valence-electron chi connectivity index (χ4n) is 2.62. The summed E-state index contributed by atoms with van der Waals surface area (Å²) in [6.45, 7) is 2.95. The molecule has 0 aliphatic heterocycles. The fourth-order valence-corrected chi connectivity index (χ4v) is 3.68. The quantitative estimate of drug-likeness (QED) is 0.456. The second-order valence-electron chi connectivity index (χ2n) is 6.14. The molecule has 146 valence electrons. The van der Waals surface area contributed by atoms with E-state index in [1.165, 1.54) is 11.8 Å². The Morgan fingerprint density at radius 3 is 2.61 bits per heavy atom. The number of carbonyl (C=O) groups excluding carboxylic acids is 1. The van der Waals surface area contributed by atoms with E-state index in [1.807, 2.05) is 30.3 Å². The maximum atomic E-state index is 12.3. The van der Waals surface area contributed by atoms with Crippen LogP contribution in [0, 0.1) is 0 Å². The summed E-state index contributed by atoms with van der Waals surface area (Å²) >= 11 is 13.3. The van der Waals surface area contributed by atoms with Crippen molar-refractivity contribution in [1.82, 2.24) is 14.8 Å². The lowest BCUT2D eigenvalue weighted by Gasteiger charge is -2.10. The van der Waals surface area contributed by atoms with Crippen molar-refractivity contribution in [2.24, 2.45) is 0 Å². The Bertz CT molecular complexity index is 947. The summed E-state index contributed by atoms with van der Waals surface area (Å²) in [6, 6.07) is 14.9. The molecule has 0 saturated heterocycles. The minimum absolute atomic E-state index is 0.144. The zero-order valence-corrected chi connectivity index (χ0v) is 17.7. The summed E-state index contributed by atoms with van der Waals surface area (Å²) in [5, 5.41) is 13.1. The molecule has 3 aromatic rings. The molecule has 3 rings (SSSR count). The van der Waals surface area contributed by atoms with Crippen molar-refractivity contribution in [2.75, 3.05) is 11.1 Å². The highest BCUT2D eigenvalue weighted by atomic mass is 35.5. The number of anilines is 1. The SMILES string of the molecule is CCCCn1c(SCC(=O)Nc2ccc(Cl)c(Cl)c2)nnc1-c1ccccc1. The van der Waals surface area contributed by atoms with E-state index in [-0.39, 0.29) is 11.7 Å². The molecular weight excluding hydrogens is 415 g/mol. The van der Waals surface area contributed by atoms with E-state index in [0.717, 1.165) is 35.9 Å². The first-order valence-corrected chi connectivity index (χ1v) is 10.7. The van der Waals surface area contributed by atoms with Gasteiger partial charge in [-0.05, 0) is 24.6 Å². The van der Waals surface area contributed by atoms with Crippen LogP contribution in [0.1, 0.15) is 19.8 Å². The monoisotopic (exact) mass is 434 g/mol. The fraction of sp³-hybridized carbons (Fsp3) is 0.250. The van der Waals surface area contributed by atoms with Crippen LogP contribution < -0.4 is 5.32 Å². The van der Waals surface area contributed by atoms with E-state index < -0.39 is 0 Å². The van der Waals surface area contributed by atoms with Gasteiger partial charge in [-0.15, -0.1) is 10.2 Å². The van der Waals surface area contributed by atoms with E-state index in [4.69, 9.17) is 23.2 Å². The van der Waals surface area contributed by atoms with E-state index >= 15 is 0 Å². The first-order chi connectivity index (χ1) is 13.6. The largest absolute Gasteiger partial charge is 0.325 e. The minimum Gasteiger partial charge on any atom is -0.325 e. The van der Waals surface area contributed by atoms with Gasteiger partial charge in [0.15, 0.2) is 11.0 Å². The van der Waals surface area contributed by atoms with E-state index in [2.05, 4.69) is 27.0 Å². The van der Waals surface area contributed by atoms with Gasteiger partial charge in [-0.2, -0.15) is 0 Å². The summed E-state index contributed by atoms with van der Waals surface area (Å²) in [5.41, 5.74) is 1.62. The number of nitrogens with one attached hydrogen (secondary N) is 1. The van der Waals surface area contributed by atoms with Gasteiger partial charge in [0.25, 0.3) is 0 Å². The Morgan fingerprint density at radius 2 is 1.89 bits per heavy atom. The molecule has 2 aromatic carbocycles. The average molecular weight is 435 g/mol. The molecule has 0 bridgehead atoms. The Hall–Kier alpha value is -2.02. The van der Waals surface area contributed by atoms with Gasteiger partial charge in [-0.25, -0.2) is 0 Å². The maximum Gasteiger partial charge on any atom is 0.234 e. The predicted octanol–water partition coefficient (Wildman–Crippen LogP) is 5.78. The smallest absolute Gasteiger partial charge is 0.234 e. The van der Waals surface area contributed by atoms with Crippen LogP contribution in [0.25, 0.3) is 11.4 Å². The Morgan fingerprint density at radius 1 is 1.11 bits per heavy atom. The molecule has 0 fully saturated rings. The van der Waals surface area contributed by atoms with Crippen LogP contribution in [-0.2, 0) is 11.3 Å². The lowest BCUT2D eigenvalue weighted by Crippen LogP contribution is -2.14. The molecule has 0 spiro atoms. The number of halogens is 2. The van der Waals surface area contributed by atoms with Crippen LogP contribution >= 0.6 is 35.0 Å². The van der Waals surface area contributed by atoms with E-state index in [9.17, 15) is 4.79 Å². The lowest BCUT2D eigenvalue weighted by atomic mass is 10.2. The molecule has 1 aromatic heterocycles. The molecule has 0 radical (unpaired) electrons. The topological polar surface area (TPSA) is 59.8 Å². The predicted molar refractivity (Wildman–Crippen MR) is 116 cm³/mol. The first kappa shape index (κ1) is 20.7. The summed E-state index contributed by atoms with van der Waals surface area (Å²) in [4.78, 5) is 12.3. The third-order valence-electron chi connectivity index (χ3n) is 4.02. The van der Waals surface area contributed by atoms with Gasteiger partial charge in [0.2, 0.25) is 5.91 Å². The van der Waals surface area contributed by atoms with Crippen molar-refractivity contribution in [1.29, 1.82) is 0 Å². The number of unbranched alkanes of at least 4 members (excludes halogenated alkanes) is 1. The summed E-state index contributed by atoms with van der Waals surface area (Å²) in [7, 11) is 0. The molecule has 0 aliphatic rings. The normalized spacial score (nSPS) is 10.8. The van der Waals surface area contributed by atoms with Gasteiger partial charge in [0, 0.05) is 17.8 Å². The van der Waals surface area contributed by atoms with Gasteiger partial charge < -0.3 is 9.88 Å². The van der Waals surface area contributed by atoms with Crippen LogP contribution in [0.15, 0.2) is 53.7 Å². The number of hydrogen-bond acceptors (Lipinski definition) is 4. The number of benzene rings is 2. The van der Waals surface area contributed by atoms with Crippen molar-refractivity contribution in [3.05, 3.63) is 58.6 Å². The van der Waals surface area contributed by atoms with Crippen molar-refractivity contribution >= 4 is 46.6 Å². The average Bonchev–Trinajstić information content (AvgIpc) is 3.11. The Kier molecular flexibility index (Phi) is 7.36. The van der Waals surface area contributed by atoms with Crippen molar-refractivity contribution in [3.8, 4) is 11.4 Å². The lowest BCUT2D eigenvalue weighted by molar-refractivity contribution is -0.113. The number of rotatable bonds is 8. The Labute approximate surface area is 178 Å². The molecule has 1 N–H and O–H groups in total. The number of nitrogens with zero attached hydrogens (tertiary/aromatic N) is 3. The van der Waals surface area contributed by atoms with Crippen molar-refractivity contribution in [3.63, 3.8) is 0 Å². The van der Waals surface area contributed by atoms with Crippen molar-refractivity contribution in [2.45, 2.75) is 31.5 Å². The Balaban J connectivity index is 1.70. The number of amides is 1. The number of aromatic nitrogens is 3. The molecular formula is C20H20Cl2N4OS. The molecule has 0 saturated carbocycles. The molecule has 0 unspecified atom stereocenters. The zero-order chi connectivity index (χ0) is 19.9. The van der Waals surface area contributed by atoms with E-state index in [1.54, 1.807) is 18.2 Å². The third kappa shape index (κ3) is 5.28. The van der Waals surface area contributed by atoms with Crippen LogP contribution in [-0.4, -0.2) is 26.4 Å². The molecule has 1 amide bonds. The van der Waals surface area contributed by atoms with Crippen LogP contribution in [0.5, 0.6) is 0 Å². The maximum absolute atomic E-state index is 12.3. The molecule has 28 heavy (non-hydrogen) atoms. The summed E-state index contributed by atoms with van der Waals surface area (Å²) in [5.74, 6) is 0.898. The van der Waals surface area contributed by atoms with Crippen LogP contribution in [0.3, 0.4) is 0 Å². The number of hydrogen-bond donors (Lipinski definition) is 1. The van der Waals surface area contributed by atoms with Gasteiger partial charge in [-0.1, -0.05) is 78.6 Å². The molecule has 1 heterocycles. The molecule has 0 aliphatic carbocycles. The van der Waals surface area contributed by atoms with E-state index in [0.29, 0.717) is 15.7 Å².